The van der Waals surface area contributed by atoms with Crippen molar-refractivity contribution in [1.82, 2.24) is 4.98 Å². The lowest BCUT2D eigenvalue weighted by Crippen LogP contribution is -2.14. The van der Waals surface area contributed by atoms with E-state index in [1.54, 1.807) is 0 Å². The van der Waals surface area contributed by atoms with Gasteiger partial charge in [-0.2, -0.15) is 0 Å². The normalized spacial score (nSPS) is 13.3. The lowest BCUT2D eigenvalue weighted by molar-refractivity contribution is -0.115. The fourth-order valence-electron chi connectivity index (χ4n) is 3.59. The van der Waals surface area contributed by atoms with Crippen molar-refractivity contribution in [3.05, 3.63) is 59.3 Å². The summed E-state index contributed by atoms with van der Waals surface area (Å²) in [7, 11) is 0. The summed E-state index contributed by atoms with van der Waals surface area (Å²) in [6, 6.07) is 13.2. The molecule has 0 unspecified atom stereocenters. The first-order chi connectivity index (χ1) is 13.1. The standard InChI is InChI=1S/C21H21N3O2S/c22-20(25)12-27-19-8-4-3-7-18(19)24-21(26)13-9-10-17-15(11-13)14-5-1-2-6-16(14)23-17/h3-4,7-11,23H,1-2,5-6,12H2,(H2,22,25)(H,24,26). The molecular weight excluding hydrogens is 358 g/mol. The Morgan fingerprint density at radius 3 is 2.78 bits per heavy atom. The lowest BCUT2D eigenvalue weighted by Gasteiger charge is -2.11. The molecule has 1 aromatic heterocycles. The predicted octanol–water partition coefficient (Wildman–Crippen LogP) is 3.88. The van der Waals surface area contributed by atoms with E-state index in [0.717, 1.165) is 28.6 Å². The number of carbonyl (C=O) groups excluding carboxylic acids is 2. The first-order valence-electron chi connectivity index (χ1n) is 9.07. The molecule has 0 saturated carbocycles. The van der Waals surface area contributed by atoms with Gasteiger partial charge in [0.25, 0.3) is 5.91 Å². The number of anilines is 1. The number of hydrogen-bond acceptors (Lipinski definition) is 3. The van der Waals surface area contributed by atoms with Crippen molar-refractivity contribution in [3.63, 3.8) is 0 Å². The molecule has 27 heavy (non-hydrogen) atoms. The van der Waals surface area contributed by atoms with Crippen LogP contribution in [-0.4, -0.2) is 22.6 Å². The van der Waals surface area contributed by atoms with E-state index in [0.29, 0.717) is 11.3 Å². The molecule has 6 heteroatoms. The van der Waals surface area contributed by atoms with E-state index < -0.39 is 0 Å². The van der Waals surface area contributed by atoms with Crippen LogP contribution in [0.15, 0.2) is 47.4 Å². The summed E-state index contributed by atoms with van der Waals surface area (Å²) < 4.78 is 0. The Bertz CT molecular complexity index is 1030. The second-order valence-corrected chi connectivity index (χ2v) is 7.77. The topological polar surface area (TPSA) is 88.0 Å². The van der Waals surface area contributed by atoms with Gasteiger partial charge in [-0.1, -0.05) is 12.1 Å². The molecule has 1 aliphatic rings. The molecular formula is C21H21N3O2S. The molecule has 0 bridgehead atoms. The molecule has 0 spiro atoms. The van der Waals surface area contributed by atoms with Crippen molar-refractivity contribution in [2.45, 2.75) is 30.6 Å². The van der Waals surface area contributed by atoms with Gasteiger partial charge in [-0.25, -0.2) is 0 Å². The molecule has 0 aliphatic heterocycles. The minimum Gasteiger partial charge on any atom is -0.369 e. The zero-order valence-corrected chi connectivity index (χ0v) is 15.7. The fraction of sp³-hybridized carbons (Fsp3) is 0.238. The number of fused-ring (bicyclic) bond motifs is 3. The second kappa shape index (κ2) is 7.48. The molecule has 0 atom stereocenters. The number of primary amides is 1. The number of rotatable bonds is 5. The molecule has 2 aromatic carbocycles. The van der Waals surface area contributed by atoms with Crippen LogP contribution in [0.5, 0.6) is 0 Å². The highest BCUT2D eigenvalue weighted by Gasteiger charge is 2.17. The molecule has 1 heterocycles. The summed E-state index contributed by atoms with van der Waals surface area (Å²) in [5.74, 6) is -0.368. The Labute approximate surface area is 161 Å². The molecule has 0 radical (unpaired) electrons. The molecule has 3 aromatic rings. The van der Waals surface area contributed by atoms with Gasteiger partial charge in [0.2, 0.25) is 5.91 Å². The van der Waals surface area contributed by atoms with Crippen molar-refractivity contribution in [2.24, 2.45) is 5.73 Å². The van der Waals surface area contributed by atoms with Crippen LogP contribution in [0.1, 0.15) is 34.5 Å². The first kappa shape index (κ1) is 17.7. The van der Waals surface area contributed by atoms with Gasteiger partial charge in [-0.15, -0.1) is 11.8 Å². The summed E-state index contributed by atoms with van der Waals surface area (Å²) >= 11 is 1.32. The van der Waals surface area contributed by atoms with Crippen LogP contribution in [0, 0.1) is 0 Å². The Balaban J connectivity index is 1.59. The first-order valence-corrected chi connectivity index (χ1v) is 10.1. The summed E-state index contributed by atoms with van der Waals surface area (Å²) in [6.07, 6.45) is 4.55. The number of thioether (sulfide) groups is 1. The average molecular weight is 379 g/mol. The molecule has 1 aliphatic carbocycles. The zero-order chi connectivity index (χ0) is 18.8. The van der Waals surface area contributed by atoms with E-state index in [1.807, 2.05) is 42.5 Å². The number of hydrogen-bond donors (Lipinski definition) is 3. The van der Waals surface area contributed by atoms with Gasteiger partial charge < -0.3 is 16.0 Å². The van der Waals surface area contributed by atoms with Crippen LogP contribution in [0.25, 0.3) is 10.9 Å². The SMILES string of the molecule is NC(=O)CSc1ccccc1NC(=O)c1ccc2[nH]c3c(c2c1)CCCC3. The number of aromatic amines is 1. The van der Waals surface area contributed by atoms with Gasteiger partial charge in [0, 0.05) is 27.1 Å². The number of nitrogens with two attached hydrogens (primary N) is 1. The summed E-state index contributed by atoms with van der Waals surface area (Å²) in [4.78, 5) is 28.2. The minimum absolute atomic E-state index is 0.158. The van der Waals surface area contributed by atoms with E-state index in [-0.39, 0.29) is 17.6 Å². The zero-order valence-electron chi connectivity index (χ0n) is 14.9. The van der Waals surface area contributed by atoms with Gasteiger partial charge >= 0.3 is 0 Å². The molecule has 5 nitrogen and oxygen atoms in total. The van der Waals surface area contributed by atoms with E-state index in [4.69, 9.17) is 5.73 Å². The number of aryl methyl sites for hydroxylation is 2. The van der Waals surface area contributed by atoms with Crippen molar-refractivity contribution < 1.29 is 9.59 Å². The van der Waals surface area contributed by atoms with E-state index in [9.17, 15) is 9.59 Å². The Morgan fingerprint density at radius 2 is 1.93 bits per heavy atom. The van der Waals surface area contributed by atoms with Crippen LogP contribution < -0.4 is 11.1 Å². The Kier molecular flexibility index (Phi) is 4.90. The third-order valence-corrected chi connectivity index (χ3v) is 5.96. The van der Waals surface area contributed by atoms with E-state index in [1.165, 1.54) is 35.9 Å². The number of H-pyrrole nitrogens is 1. The van der Waals surface area contributed by atoms with Crippen LogP contribution >= 0.6 is 11.8 Å². The Hall–Kier alpha value is -2.73. The molecule has 2 amide bonds. The maximum atomic E-state index is 12.8. The van der Waals surface area contributed by atoms with Crippen molar-refractivity contribution in [2.75, 3.05) is 11.1 Å². The maximum Gasteiger partial charge on any atom is 0.255 e. The van der Waals surface area contributed by atoms with Crippen LogP contribution in [-0.2, 0) is 17.6 Å². The lowest BCUT2D eigenvalue weighted by atomic mass is 9.95. The molecule has 4 N–H and O–H groups in total. The Morgan fingerprint density at radius 1 is 1.11 bits per heavy atom. The summed E-state index contributed by atoms with van der Waals surface area (Å²) in [5.41, 5.74) is 10.3. The molecule has 138 valence electrons. The number of nitrogens with one attached hydrogen (secondary N) is 2. The van der Waals surface area contributed by atoms with E-state index in [2.05, 4.69) is 10.3 Å². The number of amides is 2. The average Bonchev–Trinajstić information content (AvgIpc) is 3.05. The van der Waals surface area contributed by atoms with Gasteiger partial charge in [0.05, 0.1) is 11.4 Å². The van der Waals surface area contributed by atoms with Gasteiger partial charge in [0.1, 0.15) is 0 Å². The third-order valence-electron chi connectivity index (χ3n) is 4.87. The fourth-order valence-corrected chi connectivity index (χ4v) is 4.33. The highest BCUT2D eigenvalue weighted by molar-refractivity contribution is 8.00. The van der Waals surface area contributed by atoms with Crippen molar-refractivity contribution in [1.29, 1.82) is 0 Å². The van der Waals surface area contributed by atoms with Gasteiger partial charge in [-0.3, -0.25) is 9.59 Å². The van der Waals surface area contributed by atoms with Crippen molar-refractivity contribution in [3.8, 4) is 0 Å². The molecule has 0 saturated heterocycles. The summed E-state index contributed by atoms with van der Waals surface area (Å²) in [5, 5.41) is 4.11. The second-order valence-electron chi connectivity index (χ2n) is 6.75. The largest absolute Gasteiger partial charge is 0.369 e. The highest BCUT2D eigenvalue weighted by Crippen LogP contribution is 2.31. The smallest absolute Gasteiger partial charge is 0.255 e. The van der Waals surface area contributed by atoms with Crippen LogP contribution in [0.4, 0.5) is 5.69 Å². The van der Waals surface area contributed by atoms with Crippen molar-refractivity contribution >= 4 is 40.2 Å². The summed E-state index contributed by atoms with van der Waals surface area (Å²) in [6.45, 7) is 0. The third kappa shape index (κ3) is 3.71. The van der Waals surface area contributed by atoms with Gasteiger partial charge in [-0.05, 0) is 61.6 Å². The van der Waals surface area contributed by atoms with E-state index >= 15 is 0 Å². The monoisotopic (exact) mass is 379 g/mol. The van der Waals surface area contributed by atoms with Crippen LogP contribution in [0.3, 0.4) is 0 Å². The van der Waals surface area contributed by atoms with Gasteiger partial charge in [0.15, 0.2) is 0 Å². The van der Waals surface area contributed by atoms with Crippen LogP contribution in [0.2, 0.25) is 0 Å². The number of aromatic nitrogens is 1. The molecule has 0 fully saturated rings. The number of benzene rings is 2. The quantitative estimate of drug-likeness (QED) is 0.588. The maximum absolute atomic E-state index is 12.8. The highest BCUT2D eigenvalue weighted by atomic mass is 32.2. The minimum atomic E-state index is -0.385. The number of para-hydroxylation sites is 1. The predicted molar refractivity (Wildman–Crippen MR) is 109 cm³/mol. The molecule has 4 rings (SSSR count). The number of carbonyl (C=O) groups is 2.